The molecule has 1 spiro atoms. The van der Waals surface area contributed by atoms with E-state index in [-0.39, 0.29) is 11.4 Å². The van der Waals surface area contributed by atoms with Crippen LogP contribution in [0.25, 0.3) is 0 Å². The molecule has 0 aromatic heterocycles. The molecule has 0 unspecified atom stereocenters. The highest BCUT2D eigenvalue weighted by Crippen LogP contribution is 2.36. The molecule has 0 radical (unpaired) electrons. The lowest BCUT2D eigenvalue weighted by Crippen LogP contribution is -2.64. The van der Waals surface area contributed by atoms with E-state index in [1.807, 2.05) is 0 Å². The lowest BCUT2D eigenvalue weighted by Gasteiger charge is -2.53. The Balaban J connectivity index is 1.45. The predicted molar refractivity (Wildman–Crippen MR) is 100 cm³/mol. The first-order valence-corrected chi connectivity index (χ1v) is 10.9. The molecule has 25 heavy (non-hydrogen) atoms. The number of hydrogen-bond acceptors (Lipinski definition) is 4. The van der Waals surface area contributed by atoms with Crippen molar-refractivity contribution in [3.8, 4) is 0 Å². The van der Waals surface area contributed by atoms with E-state index in [9.17, 15) is 8.42 Å². The van der Waals surface area contributed by atoms with Gasteiger partial charge in [0.25, 0.3) is 0 Å². The molecule has 2 aliphatic heterocycles. The van der Waals surface area contributed by atoms with Crippen LogP contribution in [0, 0.1) is 19.8 Å². The van der Waals surface area contributed by atoms with Gasteiger partial charge in [0, 0.05) is 26.2 Å². The number of aryl methyl sites for hydroxylation is 2. The van der Waals surface area contributed by atoms with Crippen molar-refractivity contribution in [3.63, 3.8) is 0 Å². The van der Waals surface area contributed by atoms with Crippen molar-refractivity contribution in [2.75, 3.05) is 32.0 Å². The van der Waals surface area contributed by atoms with Gasteiger partial charge >= 0.3 is 0 Å². The molecule has 1 aromatic rings. The Labute approximate surface area is 151 Å². The Morgan fingerprint density at radius 1 is 1.32 bits per heavy atom. The van der Waals surface area contributed by atoms with Gasteiger partial charge < -0.3 is 4.74 Å². The van der Waals surface area contributed by atoms with Crippen molar-refractivity contribution >= 4 is 10.0 Å². The Kier molecular flexibility index (Phi) is 5.54. The summed E-state index contributed by atoms with van der Waals surface area (Å²) in [5.41, 5.74) is 4.05. The molecule has 1 atom stereocenters. The number of rotatable bonds is 6. The van der Waals surface area contributed by atoms with Crippen LogP contribution in [0.1, 0.15) is 36.5 Å². The molecule has 1 aromatic carbocycles. The summed E-state index contributed by atoms with van der Waals surface area (Å²) in [6.45, 7) is 10.1. The second-order valence-electron chi connectivity index (χ2n) is 7.73. The number of likely N-dealkylation sites (tertiary alicyclic amines) is 1. The number of hydrogen-bond donors (Lipinski definition) is 1. The van der Waals surface area contributed by atoms with Crippen LogP contribution in [0.4, 0.5) is 0 Å². The molecule has 2 heterocycles. The van der Waals surface area contributed by atoms with Crippen molar-refractivity contribution in [1.29, 1.82) is 0 Å². The van der Waals surface area contributed by atoms with E-state index in [4.69, 9.17) is 4.74 Å². The van der Waals surface area contributed by atoms with Crippen LogP contribution in [-0.2, 0) is 21.3 Å². The van der Waals surface area contributed by atoms with E-state index < -0.39 is 10.0 Å². The fourth-order valence-electron chi connectivity index (χ4n) is 3.77. The summed E-state index contributed by atoms with van der Waals surface area (Å²) < 4.78 is 31.9. The Morgan fingerprint density at radius 3 is 2.72 bits per heavy atom. The number of benzene rings is 1. The minimum atomic E-state index is -3.10. The monoisotopic (exact) mass is 366 g/mol. The Hall–Kier alpha value is -0.950. The second kappa shape index (κ2) is 7.35. The lowest BCUT2D eigenvalue weighted by molar-refractivity contribution is -0.181. The third kappa shape index (κ3) is 4.61. The smallest absolute Gasteiger partial charge is 0.211 e. The molecule has 0 saturated carbocycles. The molecule has 0 amide bonds. The van der Waals surface area contributed by atoms with E-state index >= 15 is 0 Å². The fraction of sp³-hybridized carbons (Fsp3) is 0.684. The first-order chi connectivity index (χ1) is 11.8. The van der Waals surface area contributed by atoms with Gasteiger partial charge in [0.2, 0.25) is 10.0 Å². The van der Waals surface area contributed by atoms with Gasteiger partial charge in [-0.15, -0.1) is 0 Å². The zero-order valence-corrected chi connectivity index (χ0v) is 16.4. The number of sulfonamides is 1. The normalized spacial score (nSPS) is 23.6. The van der Waals surface area contributed by atoms with E-state index in [2.05, 4.69) is 41.7 Å². The van der Waals surface area contributed by atoms with Crippen molar-refractivity contribution < 1.29 is 13.2 Å². The summed E-state index contributed by atoms with van der Waals surface area (Å²) in [5, 5.41) is 0. The van der Waals surface area contributed by atoms with Gasteiger partial charge in [-0.3, -0.25) is 4.90 Å². The molecule has 6 heteroatoms. The summed E-state index contributed by atoms with van der Waals surface area (Å²) in [6, 6.07) is 6.63. The SMILES string of the molecule is CCS(=O)(=O)NC[C@H]1CCC2(CN(Cc3cc(C)ccc3C)C2)OC1. The van der Waals surface area contributed by atoms with Crippen LogP contribution < -0.4 is 4.72 Å². The van der Waals surface area contributed by atoms with Gasteiger partial charge in [-0.05, 0) is 50.7 Å². The molecular weight excluding hydrogens is 336 g/mol. The summed E-state index contributed by atoms with van der Waals surface area (Å²) in [4.78, 5) is 2.45. The maximum absolute atomic E-state index is 11.5. The molecule has 0 aliphatic carbocycles. The predicted octanol–water partition coefficient (Wildman–Crippen LogP) is 2.22. The standard InChI is InChI=1S/C19H30N2O3S/c1-4-25(22,23)20-10-17-7-8-19(24-12-17)13-21(14-19)11-18-9-15(2)5-6-16(18)3/h5-6,9,17,20H,4,7-8,10-14H2,1-3H3/t17-/m1/s1. The van der Waals surface area contributed by atoms with Crippen LogP contribution in [0.2, 0.25) is 0 Å². The van der Waals surface area contributed by atoms with Crippen LogP contribution in [0.15, 0.2) is 18.2 Å². The highest BCUT2D eigenvalue weighted by molar-refractivity contribution is 7.89. The van der Waals surface area contributed by atoms with Crippen LogP contribution in [0.5, 0.6) is 0 Å². The summed E-state index contributed by atoms with van der Waals surface area (Å²) in [5.74, 6) is 0.428. The van der Waals surface area contributed by atoms with Crippen molar-refractivity contribution in [2.24, 2.45) is 5.92 Å². The molecule has 3 rings (SSSR count). The molecule has 5 nitrogen and oxygen atoms in total. The Bertz CT molecular complexity index is 701. The Morgan fingerprint density at radius 2 is 2.08 bits per heavy atom. The van der Waals surface area contributed by atoms with Crippen LogP contribution >= 0.6 is 0 Å². The van der Waals surface area contributed by atoms with Gasteiger partial charge in [-0.1, -0.05) is 23.8 Å². The summed E-state index contributed by atoms with van der Waals surface area (Å²) >= 11 is 0. The average molecular weight is 367 g/mol. The van der Waals surface area contributed by atoms with E-state index in [0.29, 0.717) is 19.1 Å². The van der Waals surface area contributed by atoms with Crippen molar-refractivity contribution in [1.82, 2.24) is 9.62 Å². The van der Waals surface area contributed by atoms with E-state index in [0.717, 1.165) is 32.5 Å². The second-order valence-corrected chi connectivity index (χ2v) is 9.82. The highest BCUT2D eigenvalue weighted by atomic mass is 32.2. The van der Waals surface area contributed by atoms with Crippen LogP contribution in [-0.4, -0.2) is 50.9 Å². The van der Waals surface area contributed by atoms with Crippen molar-refractivity contribution in [3.05, 3.63) is 34.9 Å². The molecule has 140 valence electrons. The first kappa shape index (κ1) is 18.8. The summed E-state index contributed by atoms with van der Waals surface area (Å²) in [7, 11) is -3.10. The van der Waals surface area contributed by atoms with Crippen LogP contribution in [0.3, 0.4) is 0 Å². The molecule has 2 fully saturated rings. The van der Waals surface area contributed by atoms with Gasteiger partial charge in [0.1, 0.15) is 0 Å². The first-order valence-electron chi connectivity index (χ1n) is 9.21. The molecular formula is C19H30N2O3S. The maximum atomic E-state index is 11.5. The quantitative estimate of drug-likeness (QED) is 0.839. The summed E-state index contributed by atoms with van der Waals surface area (Å²) in [6.07, 6.45) is 2.05. The maximum Gasteiger partial charge on any atom is 0.211 e. The zero-order chi connectivity index (χ0) is 18.1. The van der Waals surface area contributed by atoms with Crippen molar-refractivity contribution in [2.45, 2.75) is 45.8 Å². The number of nitrogens with one attached hydrogen (secondary N) is 1. The highest BCUT2D eigenvalue weighted by Gasteiger charge is 2.46. The fourth-order valence-corrected chi connectivity index (χ4v) is 4.46. The van der Waals surface area contributed by atoms with Gasteiger partial charge in [0.15, 0.2) is 0 Å². The molecule has 2 saturated heterocycles. The van der Waals surface area contributed by atoms with Gasteiger partial charge in [-0.2, -0.15) is 0 Å². The molecule has 0 bridgehead atoms. The number of nitrogens with zero attached hydrogens (tertiary/aromatic N) is 1. The third-order valence-corrected chi connectivity index (χ3v) is 6.89. The van der Waals surface area contributed by atoms with Gasteiger partial charge in [0.05, 0.1) is 18.0 Å². The van der Waals surface area contributed by atoms with E-state index in [1.54, 1.807) is 6.92 Å². The third-order valence-electron chi connectivity index (χ3n) is 5.53. The number of ether oxygens (including phenoxy) is 1. The topological polar surface area (TPSA) is 58.6 Å². The van der Waals surface area contributed by atoms with E-state index in [1.165, 1.54) is 16.7 Å². The minimum absolute atomic E-state index is 0.00212. The lowest BCUT2D eigenvalue weighted by atomic mass is 9.82. The molecule has 2 aliphatic rings. The minimum Gasteiger partial charge on any atom is -0.372 e. The average Bonchev–Trinajstić information content (AvgIpc) is 2.56. The van der Waals surface area contributed by atoms with Gasteiger partial charge in [-0.25, -0.2) is 13.1 Å². The molecule has 1 N–H and O–H groups in total. The largest absolute Gasteiger partial charge is 0.372 e. The zero-order valence-electron chi connectivity index (χ0n) is 15.5.